The average molecular weight is 647 g/mol. The zero-order chi connectivity index (χ0) is 32.2. The lowest BCUT2D eigenvalue weighted by Gasteiger charge is -2.37. The number of nitriles is 1. The third kappa shape index (κ3) is 6.79. The maximum Gasteiger partial charge on any atom is 0.337 e. The van der Waals surface area contributed by atoms with Crippen molar-refractivity contribution in [3.05, 3.63) is 93.0 Å². The van der Waals surface area contributed by atoms with Crippen LogP contribution < -0.4 is 15.4 Å². The van der Waals surface area contributed by atoms with Gasteiger partial charge in [-0.3, -0.25) is 0 Å². The summed E-state index contributed by atoms with van der Waals surface area (Å²) >= 11 is 12.3. The predicted molar refractivity (Wildman–Crippen MR) is 166 cm³/mol. The van der Waals surface area contributed by atoms with Gasteiger partial charge >= 0.3 is 5.97 Å². The molecule has 0 radical (unpaired) electrons. The molecule has 0 bridgehead atoms. The number of hydrogen-bond acceptors (Lipinski definition) is 7. The number of nitrogens with zero attached hydrogens (tertiary/aromatic N) is 1. The largest absolute Gasteiger partial charge is 0.495 e. The van der Waals surface area contributed by atoms with Gasteiger partial charge in [0.1, 0.15) is 29.5 Å². The Morgan fingerprint density at radius 1 is 1.11 bits per heavy atom. The molecule has 2 N–H and O–H groups in total. The van der Waals surface area contributed by atoms with Crippen LogP contribution in [0.4, 0.5) is 14.5 Å². The first kappa shape index (κ1) is 33.5. The second-order valence-electron chi connectivity index (χ2n) is 11.9. The SMILES string of the molecule is COC(=O)c1ccc(NCOCC2NC(CC(C)(C)C)C(C#N)(c3ccc(Cl)cc3F)C2c2cccc(Cl)c2F)c(OC)c1. The first-order valence-electron chi connectivity index (χ1n) is 14.0. The number of carbonyl (C=O) groups is 1. The second-order valence-corrected chi connectivity index (χ2v) is 12.8. The Hall–Kier alpha value is -3.42. The fourth-order valence-electron chi connectivity index (χ4n) is 6.00. The van der Waals surface area contributed by atoms with Gasteiger partial charge in [-0.05, 0) is 53.8 Å². The van der Waals surface area contributed by atoms with Gasteiger partial charge in [0.15, 0.2) is 0 Å². The smallest absolute Gasteiger partial charge is 0.337 e. The van der Waals surface area contributed by atoms with Crippen LogP contribution in [0.2, 0.25) is 10.0 Å². The highest BCUT2D eigenvalue weighted by Crippen LogP contribution is 2.52. The van der Waals surface area contributed by atoms with Crippen LogP contribution in [0.25, 0.3) is 0 Å². The molecule has 4 rings (SSSR count). The molecule has 234 valence electrons. The minimum Gasteiger partial charge on any atom is -0.495 e. The molecule has 3 aromatic rings. The van der Waals surface area contributed by atoms with Gasteiger partial charge < -0.3 is 24.8 Å². The van der Waals surface area contributed by atoms with E-state index in [1.165, 1.54) is 38.5 Å². The average Bonchev–Trinajstić information content (AvgIpc) is 3.27. The lowest BCUT2D eigenvalue weighted by molar-refractivity contribution is 0.0600. The summed E-state index contributed by atoms with van der Waals surface area (Å²) in [6.45, 7) is 6.12. The summed E-state index contributed by atoms with van der Waals surface area (Å²) in [7, 11) is 2.77. The van der Waals surface area contributed by atoms with Crippen molar-refractivity contribution in [1.82, 2.24) is 5.32 Å². The number of esters is 1. The quantitative estimate of drug-likeness (QED) is 0.134. The normalized spacial score (nSPS) is 21.5. The van der Waals surface area contributed by atoms with Crippen LogP contribution in [0.1, 0.15) is 54.6 Å². The fraction of sp³-hybridized carbons (Fsp3) is 0.394. The van der Waals surface area contributed by atoms with Crippen molar-refractivity contribution in [3.8, 4) is 11.8 Å². The molecule has 44 heavy (non-hydrogen) atoms. The molecule has 3 aromatic carbocycles. The first-order chi connectivity index (χ1) is 20.9. The van der Waals surface area contributed by atoms with Gasteiger partial charge in [0, 0.05) is 28.6 Å². The molecule has 0 spiro atoms. The van der Waals surface area contributed by atoms with E-state index in [0.717, 1.165) is 0 Å². The summed E-state index contributed by atoms with van der Waals surface area (Å²) in [5.41, 5.74) is -0.626. The molecule has 7 nitrogen and oxygen atoms in total. The molecule has 4 atom stereocenters. The maximum absolute atomic E-state index is 15.8. The van der Waals surface area contributed by atoms with E-state index in [9.17, 15) is 10.1 Å². The van der Waals surface area contributed by atoms with E-state index in [4.69, 9.17) is 37.4 Å². The summed E-state index contributed by atoms with van der Waals surface area (Å²) in [6, 6.07) is 14.8. The van der Waals surface area contributed by atoms with Crippen LogP contribution >= 0.6 is 23.2 Å². The highest BCUT2D eigenvalue weighted by atomic mass is 35.5. The second kappa shape index (κ2) is 13.7. The van der Waals surface area contributed by atoms with E-state index < -0.39 is 41.0 Å². The number of ether oxygens (including phenoxy) is 3. The number of benzene rings is 3. The number of methoxy groups -OCH3 is 2. The number of nitrogens with one attached hydrogen (secondary N) is 2. The minimum absolute atomic E-state index is 0.00958. The molecule has 0 saturated carbocycles. The molecule has 11 heteroatoms. The zero-order valence-corrected chi connectivity index (χ0v) is 26.7. The third-order valence-electron chi connectivity index (χ3n) is 7.84. The number of anilines is 1. The highest BCUT2D eigenvalue weighted by Gasteiger charge is 2.59. The van der Waals surface area contributed by atoms with Crippen LogP contribution in [0.5, 0.6) is 5.75 Å². The molecule has 4 unspecified atom stereocenters. The molecule has 1 fully saturated rings. The minimum atomic E-state index is -1.54. The molecular formula is C33H35Cl2F2N3O4. The molecule has 1 aliphatic rings. The summed E-state index contributed by atoms with van der Waals surface area (Å²) < 4.78 is 47.7. The maximum atomic E-state index is 15.8. The van der Waals surface area contributed by atoms with Crippen molar-refractivity contribution in [3.63, 3.8) is 0 Å². The van der Waals surface area contributed by atoms with Crippen molar-refractivity contribution in [2.24, 2.45) is 5.41 Å². The van der Waals surface area contributed by atoms with Crippen LogP contribution in [0.3, 0.4) is 0 Å². The Bertz CT molecular complexity index is 1560. The van der Waals surface area contributed by atoms with Crippen molar-refractivity contribution in [1.29, 1.82) is 5.26 Å². The Morgan fingerprint density at radius 3 is 2.50 bits per heavy atom. The monoisotopic (exact) mass is 645 g/mol. The number of halogens is 4. The van der Waals surface area contributed by atoms with Crippen molar-refractivity contribution < 1.29 is 27.8 Å². The number of rotatable bonds is 10. The summed E-state index contributed by atoms with van der Waals surface area (Å²) in [5, 5.41) is 17.7. The number of carbonyl (C=O) groups excluding carboxylic acids is 1. The highest BCUT2D eigenvalue weighted by molar-refractivity contribution is 6.31. The number of hydrogen-bond donors (Lipinski definition) is 2. The topological polar surface area (TPSA) is 92.6 Å². The van der Waals surface area contributed by atoms with E-state index in [2.05, 4.69) is 16.7 Å². The van der Waals surface area contributed by atoms with Gasteiger partial charge in [0.05, 0.1) is 43.2 Å². The lowest BCUT2D eigenvalue weighted by Crippen LogP contribution is -2.44. The van der Waals surface area contributed by atoms with E-state index in [0.29, 0.717) is 23.4 Å². The van der Waals surface area contributed by atoms with Gasteiger partial charge in [0.25, 0.3) is 0 Å². The molecule has 0 amide bonds. The van der Waals surface area contributed by atoms with Gasteiger partial charge in [-0.25, -0.2) is 13.6 Å². The van der Waals surface area contributed by atoms with Gasteiger partial charge in [-0.2, -0.15) is 5.26 Å². The Kier molecular flexibility index (Phi) is 10.4. The fourth-order valence-corrected chi connectivity index (χ4v) is 6.34. The van der Waals surface area contributed by atoms with E-state index in [1.807, 2.05) is 20.8 Å². The summed E-state index contributed by atoms with van der Waals surface area (Å²) in [5.74, 6) is -2.31. The van der Waals surface area contributed by atoms with Crippen LogP contribution in [0, 0.1) is 28.4 Å². The Balaban J connectivity index is 1.71. The zero-order valence-electron chi connectivity index (χ0n) is 25.1. The van der Waals surface area contributed by atoms with Crippen molar-refractivity contribution in [2.75, 3.05) is 32.9 Å². The first-order valence-corrected chi connectivity index (χ1v) is 14.8. The standard InChI is InChI=1S/C33H35Cl2F2N3O4/c1-32(2,3)15-28-33(17-38,22-11-10-20(34)14-24(22)36)29(21-7-6-8-23(35)30(21)37)26(40-28)16-44-18-39-25-12-9-19(31(41)43-5)13-27(25)42-4/h6-14,26,28-29,39-40H,15-16,18H2,1-5H3. The molecule has 1 saturated heterocycles. The summed E-state index contributed by atoms with van der Waals surface area (Å²) in [6.07, 6.45) is 0.472. The van der Waals surface area contributed by atoms with Gasteiger partial charge in [0.2, 0.25) is 0 Å². The predicted octanol–water partition coefficient (Wildman–Crippen LogP) is 7.47. The van der Waals surface area contributed by atoms with Gasteiger partial charge in [-0.15, -0.1) is 0 Å². The third-order valence-corrected chi connectivity index (χ3v) is 8.36. The van der Waals surface area contributed by atoms with E-state index in [1.54, 1.807) is 30.3 Å². The van der Waals surface area contributed by atoms with Crippen LogP contribution in [0.15, 0.2) is 54.6 Å². The molecule has 1 aliphatic heterocycles. The molecular weight excluding hydrogens is 611 g/mol. The van der Waals surface area contributed by atoms with Crippen molar-refractivity contribution in [2.45, 2.75) is 50.6 Å². The molecule has 0 aliphatic carbocycles. The van der Waals surface area contributed by atoms with Crippen LogP contribution in [-0.2, 0) is 14.9 Å². The van der Waals surface area contributed by atoms with E-state index in [-0.39, 0.29) is 39.9 Å². The lowest BCUT2D eigenvalue weighted by atomic mass is 9.63. The van der Waals surface area contributed by atoms with Crippen molar-refractivity contribution >= 4 is 34.9 Å². The molecule has 0 aromatic heterocycles. The van der Waals surface area contributed by atoms with E-state index >= 15 is 8.78 Å². The van der Waals surface area contributed by atoms with Gasteiger partial charge in [-0.1, -0.05) is 62.2 Å². The molecule has 1 heterocycles. The van der Waals surface area contributed by atoms with Crippen LogP contribution in [-0.4, -0.2) is 45.6 Å². The Morgan fingerprint density at radius 2 is 1.86 bits per heavy atom. The Labute approximate surface area is 266 Å². The summed E-state index contributed by atoms with van der Waals surface area (Å²) in [4.78, 5) is 11.9.